The Morgan fingerprint density at radius 1 is 1.40 bits per heavy atom. The van der Waals surface area contributed by atoms with E-state index in [1.54, 1.807) is 5.56 Å². The quantitative estimate of drug-likeness (QED) is 0.808. The van der Waals surface area contributed by atoms with Gasteiger partial charge in [0.25, 0.3) is 0 Å². The minimum Gasteiger partial charge on any atom is -0.317 e. The molecule has 1 saturated carbocycles. The Bertz CT molecular complexity index is 318. The largest absolute Gasteiger partial charge is 0.317 e. The summed E-state index contributed by atoms with van der Waals surface area (Å²) in [5.41, 5.74) is 1.57. The molecule has 0 radical (unpaired) electrons. The summed E-state index contributed by atoms with van der Waals surface area (Å²) in [6, 6.07) is 3.11. The van der Waals surface area contributed by atoms with Gasteiger partial charge in [-0.15, -0.1) is 11.3 Å². The third-order valence-electron chi connectivity index (χ3n) is 3.78. The van der Waals surface area contributed by atoms with Crippen LogP contribution in [0.15, 0.2) is 11.4 Å². The molecule has 0 saturated heterocycles. The number of aryl methyl sites for hydroxylation is 1. The molecule has 3 unspecified atom stereocenters. The first kappa shape index (κ1) is 11.2. The van der Waals surface area contributed by atoms with Gasteiger partial charge in [0.05, 0.1) is 0 Å². The Labute approximate surface area is 96.9 Å². The van der Waals surface area contributed by atoms with E-state index in [9.17, 15) is 0 Å². The summed E-state index contributed by atoms with van der Waals surface area (Å²) in [5.74, 6) is 1.63. The maximum Gasteiger partial charge on any atom is 0.00700 e. The molecule has 0 spiro atoms. The Kier molecular flexibility index (Phi) is 3.47. The van der Waals surface area contributed by atoms with Crippen LogP contribution < -0.4 is 5.32 Å². The van der Waals surface area contributed by atoms with Gasteiger partial charge in [-0.1, -0.05) is 6.92 Å². The summed E-state index contributed by atoms with van der Waals surface area (Å²) in [6.45, 7) is 4.61. The van der Waals surface area contributed by atoms with E-state index >= 15 is 0 Å². The van der Waals surface area contributed by atoms with Crippen LogP contribution in [0, 0.1) is 12.8 Å². The van der Waals surface area contributed by atoms with Crippen molar-refractivity contribution in [1.82, 2.24) is 5.32 Å². The standard InChI is InChI=1S/C13H21NS/c1-9-4-5-12(14-3)7-13(9)11-6-10(2)15-8-11/h6,8-9,12-14H,4-5,7H2,1-3H3. The van der Waals surface area contributed by atoms with Gasteiger partial charge in [-0.25, -0.2) is 0 Å². The van der Waals surface area contributed by atoms with Crippen molar-refractivity contribution in [1.29, 1.82) is 0 Å². The van der Waals surface area contributed by atoms with Gasteiger partial charge in [-0.3, -0.25) is 0 Å². The summed E-state index contributed by atoms with van der Waals surface area (Å²) in [5, 5.41) is 5.79. The molecule has 15 heavy (non-hydrogen) atoms. The smallest absolute Gasteiger partial charge is 0.00700 e. The number of hydrogen-bond donors (Lipinski definition) is 1. The van der Waals surface area contributed by atoms with Gasteiger partial charge in [0.1, 0.15) is 0 Å². The second-order valence-corrected chi connectivity index (χ2v) is 5.99. The Hall–Kier alpha value is -0.340. The molecule has 1 heterocycles. The van der Waals surface area contributed by atoms with Gasteiger partial charge in [-0.2, -0.15) is 0 Å². The van der Waals surface area contributed by atoms with Crippen LogP contribution in [0.3, 0.4) is 0 Å². The Morgan fingerprint density at radius 2 is 2.20 bits per heavy atom. The Morgan fingerprint density at radius 3 is 2.80 bits per heavy atom. The van der Waals surface area contributed by atoms with Crippen LogP contribution in [0.4, 0.5) is 0 Å². The van der Waals surface area contributed by atoms with Crippen molar-refractivity contribution in [3.63, 3.8) is 0 Å². The lowest BCUT2D eigenvalue weighted by atomic mass is 9.75. The van der Waals surface area contributed by atoms with Crippen LogP contribution in [0.1, 0.15) is 42.5 Å². The molecule has 1 aliphatic rings. The van der Waals surface area contributed by atoms with Crippen molar-refractivity contribution in [3.8, 4) is 0 Å². The molecule has 0 amide bonds. The third-order valence-corrected chi connectivity index (χ3v) is 4.66. The predicted molar refractivity (Wildman–Crippen MR) is 67.7 cm³/mol. The number of rotatable bonds is 2. The van der Waals surface area contributed by atoms with Crippen LogP contribution in [0.2, 0.25) is 0 Å². The van der Waals surface area contributed by atoms with Gasteiger partial charge in [0, 0.05) is 10.9 Å². The van der Waals surface area contributed by atoms with E-state index in [1.165, 1.54) is 24.1 Å². The van der Waals surface area contributed by atoms with Crippen molar-refractivity contribution < 1.29 is 0 Å². The number of thiophene rings is 1. The van der Waals surface area contributed by atoms with Gasteiger partial charge < -0.3 is 5.32 Å². The van der Waals surface area contributed by atoms with E-state index in [2.05, 4.69) is 37.7 Å². The van der Waals surface area contributed by atoms with E-state index in [-0.39, 0.29) is 0 Å². The van der Waals surface area contributed by atoms with Gasteiger partial charge in [0.15, 0.2) is 0 Å². The lowest BCUT2D eigenvalue weighted by Gasteiger charge is -2.34. The average molecular weight is 223 g/mol. The first-order chi connectivity index (χ1) is 7.20. The molecule has 2 rings (SSSR count). The summed E-state index contributed by atoms with van der Waals surface area (Å²) in [7, 11) is 2.09. The molecule has 0 aliphatic heterocycles. The van der Waals surface area contributed by atoms with Crippen LogP contribution in [0.5, 0.6) is 0 Å². The molecule has 1 N–H and O–H groups in total. The zero-order valence-corrected chi connectivity index (χ0v) is 10.7. The van der Waals surface area contributed by atoms with Gasteiger partial charge in [0.2, 0.25) is 0 Å². The van der Waals surface area contributed by atoms with Crippen molar-refractivity contribution in [3.05, 3.63) is 21.9 Å². The van der Waals surface area contributed by atoms with Crippen LogP contribution >= 0.6 is 11.3 Å². The normalized spacial score (nSPS) is 31.8. The molecular weight excluding hydrogens is 202 g/mol. The molecule has 1 nitrogen and oxygen atoms in total. The first-order valence-corrected chi connectivity index (χ1v) is 6.81. The second-order valence-electron chi connectivity index (χ2n) is 4.87. The molecule has 1 aromatic rings. The predicted octanol–water partition coefficient (Wildman–Crippen LogP) is 3.55. The molecule has 84 valence electrons. The van der Waals surface area contributed by atoms with E-state index in [1.807, 2.05) is 11.3 Å². The third kappa shape index (κ3) is 2.43. The lowest BCUT2D eigenvalue weighted by molar-refractivity contribution is 0.277. The van der Waals surface area contributed by atoms with Crippen molar-refractivity contribution in [2.24, 2.45) is 5.92 Å². The molecule has 1 aromatic heterocycles. The fourth-order valence-electron chi connectivity index (χ4n) is 2.71. The molecule has 0 aromatic carbocycles. The summed E-state index contributed by atoms with van der Waals surface area (Å²) >= 11 is 1.89. The minimum atomic E-state index is 0.728. The first-order valence-electron chi connectivity index (χ1n) is 5.93. The molecule has 1 fully saturated rings. The SMILES string of the molecule is CNC1CCC(C)C(c2csc(C)c2)C1. The number of nitrogens with one attached hydrogen (secondary N) is 1. The van der Waals surface area contributed by atoms with Crippen molar-refractivity contribution in [2.75, 3.05) is 7.05 Å². The second kappa shape index (κ2) is 4.67. The highest BCUT2D eigenvalue weighted by Crippen LogP contribution is 2.38. The zero-order chi connectivity index (χ0) is 10.8. The van der Waals surface area contributed by atoms with E-state index in [0.29, 0.717) is 0 Å². The van der Waals surface area contributed by atoms with E-state index in [0.717, 1.165) is 17.9 Å². The average Bonchev–Trinajstić information content (AvgIpc) is 2.65. The fourth-order valence-corrected chi connectivity index (χ4v) is 3.48. The minimum absolute atomic E-state index is 0.728. The van der Waals surface area contributed by atoms with E-state index in [4.69, 9.17) is 0 Å². The molecular formula is C13H21NS. The van der Waals surface area contributed by atoms with Crippen molar-refractivity contribution in [2.45, 2.75) is 45.1 Å². The molecule has 2 heteroatoms. The highest BCUT2D eigenvalue weighted by molar-refractivity contribution is 7.10. The summed E-state index contributed by atoms with van der Waals surface area (Å²) in [6.07, 6.45) is 4.02. The zero-order valence-electron chi connectivity index (χ0n) is 9.92. The molecule has 1 aliphatic carbocycles. The van der Waals surface area contributed by atoms with E-state index < -0.39 is 0 Å². The van der Waals surface area contributed by atoms with Crippen LogP contribution in [-0.4, -0.2) is 13.1 Å². The fraction of sp³-hybridized carbons (Fsp3) is 0.692. The Balaban J connectivity index is 2.12. The summed E-state index contributed by atoms with van der Waals surface area (Å²) < 4.78 is 0. The summed E-state index contributed by atoms with van der Waals surface area (Å²) in [4.78, 5) is 1.45. The maximum atomic E-state index is 3.43. The maximum absolute atomic E-state index is 3.43. The highest BCUT2D eigenvalue weighted by atomic mass is 32.1. The van der Waals surface area contributed by atoms with Gasteiger partial charge in [-0.05, 0) is 62.1 Å². The molecule has 0 bridgehead atoms. The van der Waals surface area contributed by atoms with Crippen LogP contribution in [-0.2, 0) is 0 Å². The monoisotopic (exact) mass is 223 g/mol. The topological polar surface area (TPSA) is 12.0 Å². The van der Waals surface area contributed by atoms with Gasteiger partial charge >= 0.3 is 0 Å². The lowest BCUT2D eigenvalue weighted by Crippen LogP contribution is -2.33. The highest BCUT2D eigenvalue weighted by Gasteiger charge is 2.28. The van der Waals surface area contributed by atoms with Crippen LogP contribution in [0.25, 0.3) is 0 Å². The number of hydrogen-bond acceptors (Lipinski definition) is 2. The van der Waals surface area contributed by atoms with Crippen molar-refractivity contribution >= 4 is 11.3 Å². The molecule has 3 atom stereocenters.